The average Bonchev–Trinajstić information content (AvgIpc) is 2.40. The minimum atomic E-state index is -1.41. The third kappa shape index (κ3) is 6.87. The third-order valence-corrected chi connectivity index (χ3v) is 21.6. The van der Waals surface area contributed by atoms with Crippen LogP contribution < -0.4 is 5.19 Å². The zero-order valence-corrected chi connectivity index (χ0v) is 24.0. The highest BCUT2D eigenvalue weighted by Crippen LogP contribution is 2.30. The van der Waals surface area contributed by atoms with Crippen LogP contribution in [0.5, 0.6) is 0 Å². The number of hydrogen-bond acceptors (Lipinski definition) is 2. The molecular formula is C23H46N2Si3. The Hall–Kier alpha value is -0.339. The lowest BCUT2D eigenvalue weighted by atomic mass is 10.1. The summed E-state index contributed by atoms with van der Waals surface area (Å²) < 4.78 is 2.03. The number of nitrogens with zero attached hydrogens (tertiary/aromatic N) is 2. The molecule has 0 unspecified atom stereocenters. The van der Waals surface area contributed by atoms with Gasteiger partial charge in [-0.05, 0) is 49.5 Å². The first-order valence-corrected chi connectivity index (χ1v) is 19.1. The van der Waals surface area contributed by atoms with E-state index in [-0.39, 0.29) is 0 Å². The predicted molar refractivity (Wildman–Crippen MR) is 138 cm³/mol. The SMILES string of the molecule is CN(C)Cc1cccc(CN(C)C)c1[Si](=C([Si](C)(C)C)[Si](C)(C)C)C(C)(C)C. The molecule has 0 amide bonds. The van der Waals surface area contributed by atoms with Crippen LogP contribution in [0, 0.1) is 0 Å². The monoisotopic (exact) mass is 434 g/mol. The van der Waals surface area contributed by atoms with E-state index in [1.165, 1.54) is 0 Å². The summed E-state index contributed by atoms with van der Waals surface area (Å²) >= 11 is 0. The summed E-state index contributed by atoms with van der Waals surface area (Å²) in [6, 6.07) is 7.08. The van der Waals surface area contributed by atoms with Crippen LogP contribution in [0.15, 0.2) is 18.2 Å². The van der Waals surface area contributed by atoms with Crippen molar-refractivity contribution in [3.05, 3.63) is 29.3 Å². The maximum atomic E-state index is 2.59. The van der Waals surface area contributed by atoms with Gasteiger partial charge in [-0.2, -0.15) is 0 Å². The molecule has 0 heterocycles. The van der Waals surface area contributed by atoms with Crippen molar-refractivity contribution in [2.75, 3.05) is 28.2 Å². The molecule has 1 aromatic carbocycles. The van der Waals surface area contributed by atoms with E-state index in [2.05, 4.69) is 116 Å². The van der Waals surface area contributed by atoms with Crippen LogP contribution in [0.1, 0.15) is 31.9 Å². The Kier molecular flexibility index (Phi) is 8.45. The van der Waals surface area contributed by atoms with Gasteiger partial charge in [0.1, 0.15) is 0 Å². The van der Waals surface area contributed by atoms with Gasteiger partial charge in [-0.1, -0.05) is 78.3 Å². The van der Waals surface area contributed by atoms with Crippen molar-refractivity contribution in [1.82, 2.24) is 9.80 Å². The summed E-state index contributed by atoms with van der Waals surface area (Å²) in [5.41, 5.74) is 3.12. The normalized spacial score (nSPS) is 13.4. The molecule has 0 aliphatic carbocycles. The van der Waals surface area contributed by atoms with Gasteiger partial charge in [-0.25, -0.2) is 0 Å². The fraction of sp³-hybridized carbons (Fsp3) is 0.696. The van der Waals surface area contributed by atoms with Crippen molar-refractivity contribution < 1.29 is 0 Å². The Morgan fingerprint density at radius 3 is 1.39 bits per heavy atom. The summed E-state index contributed by atoms with van der Waals surface area (Å²) in [6.07, 6.45) is 0. The predicted octanol–water partition coefficient (Wildman–Crippen LogP) is 4.82. The fourth-order valence-electron chi connectivity index (χ4n) is 4.67. The third-order valence-electron chi connectivity index (χ3n) is 4.96. The molecule has 160 valence electrons. The molecule has 0 radical (unpaired) electrons. The van der Waals surface area contributed by atoms with Crippen LogP contribution in [0.25, 0.3) is 0 Å². The van der Waals surface area contributed by atoms with Crippen LogP contribution in [0.2, 0.25) is 44.3 Å². The smallest absolute Gasteiger partial charge is 0.0635 e. The van der Waals surface area contributed by atoms with E-state index in [0.717, 1.165) is 13.1 Å². The molecule has 0 atom stereocenters. The standard InChI is InChI=1S/C23H46N2Si3/c1-23(2,3)26(22(27(8,9)10)28(11,12)13)21-19(17-24(4)5)15-14-16-20(21)18-25(6)7/h14-16H,17-18H2,1-13H3. The summed E-state index contributed by atoms with van der Waals surface area (Å²) in [6.45, 7) is 25.2. The van der Waals surface area contributed by atoms with Gasteiger partial charge in [0.05, 0.1) is 16.1 Å². The topological polar surface area (TPSA) is 6.48 Å². The lowest BCUT2D eigenvalue weighted by molar-refractivity contribution is 0.397. The Balaban J connectivity index is 4.12. The summed E-state index contributed by atoms with van der Waals surface area (Å²) in [4.78, 5) is 4.67. The molecule has 0 N–H and O–H groups in total. The number of hydrogen-bond donors (Lipinski definition) is 0. The summed E-state index contributed by atoms with van der Waals surface area (Å²) in [7, 11) is 5.14. The van der Waals surface area contributed by atoms with Crippen molar-refractivity contribution in [3.63, 3.8) is 0 Å². The summed E-state index contributed by atoms with van der Waals surface area (Å²) in [5, 5.41) is 2.03. The molecule has 1 aromatic rings. The Morgan fingerprint density at radius 2 is 1.14 bits per heavy atom. The van der Waals surface area contributed by atoms with Crippen LogP contribution in [0.3, 0.4) is 0 Å². The van der Waals surface area contributed by atoms with Crippen molar-refractivity contribution in [1.29, 1.82) is 0 Å². The van der Waals surface area contributed by atoms with Crippen molar-refractivity contribution in [3.8, 4) is 0 Å². The Labute approximate surface area is 179 Å². The van der Waals surface area contributed by atoms with Gasteiger partial charge in [-0.3, -0.25) is 0 Å². The minimum Gasteiger partial charge on any atom is -0.305 e. The van der Waals surface area contributed by atoms with Gasteiger partial charge in [0.2, 0.25) is 0 Å². The van der Waals surface area contributed by atoms with Crippen LogP contribution in [0.4, 0.5) is 0 Å². The molecule has 0 aliphatic rings. The second kappa shape index (κ2) is 9.21. The second-order valence-corrected chi connectivity index (χ2v) is 26.7. The molecule has 28 heavy (non-hydrogen) atoms. The largest absolute Gasteiger partial charge is 0.305 e. The lowest BCUT2D eigenvalue weighted by Crippen LogP contribution is -2.59. The molecule has 2 nitrogen and oxygen atoms in total. The van der Waals surface area contributed by atoms with Gasteiger partial charge < -0.3 is 9.80 Å². The van der Waals surface area contributed by atoms with Gasteiger partial charge >= 0.3 is 0 Å². The average molecular weight is 435 g/mol. The first-order valence-electron chi connectivity index (χ1n) is 10.6. The lowest BCUT2D eigenvalue weighted by Gasteiger charge is -2.40. The second-order valence-electron chi connectivity index (χ2n) is 11.9. The van der Waals surface area contributed by atoms with E-state index in [1.54, 1.807) is 16.3 Å². The fourth-order valence-corrected chi connectivity index (χ4v) is 25.4. The molecule has 0 bridgehead atoms. The molecule has 1 rings (SSSR count). The highest BCUT2D eigenvalue weighted by atomic mass is 28.4. The zero-order valence-electron chi connectivity index (χ0n) is 21.0. The molecule has 0 aliphatic heterocycles. The number of rotatable bonds is 7. The van der Waals surface area contributed by atoms with Crippen LogP contribution in [-0.4, -0.2) is 67.0 Å². The number of benzene rings is 1. The zero-order chi connectivity index (χ0) is 22.1. The quantitative estimate of drug-likeness (QED) is 0.568. The first kappa shape index (κ1) is 25.7. The van der Waals surface area contributed by atoms with Crippen molar-refractivity contribution >= 4 is 34.2 Å². The highest BCUT2D eigenvalue weighted by Gasteiger charge is 2.39. The van der Waals surface area contributed by atoms with E-state index in [1.807, 2.05) is 4.42 Å². The molecule has 0 saturated heterocycles. The van der Waals surface area contributed by atoms with Crippen molar-refractivity contribution in [2.24, 2.45) is 0 Å². The minimum absolute atomic E-state index is 0.310. The molecule has 0 fully saturated rings. The Bertz CT molecular complexity index is 656. The molecular weight excluding hydrogens is 389 g/mol. The summed E-state index contributed by atoms with van der Waals surface area (Å²) in [5.74, 6) is 0. The van der Waals surface area contributed by atoms with Crippen LogP contribution in [-0.2, 0) is 13.1 Å². The first-order chi connectivity index (χ1) is 12.5. The van der Waals surface area contributed by atoms with Crippen molar-refractivity contribution in [2.45, 2.75) is 78.2 Å². The molecule has 5 heteroatoms. The molecule has 0 spiro atoms. The van der Waals surface area contributed by atoms with E-state index >= 15 is 0 Å². The van der Waals surface area contributed by atoms with E-state index in [4.69, 9.17) is 0 Å². The maximum absolute atomic E-state index is 2.59. The molecule has 0 aromatic heterocycles. The van der Waals surface area contributed by atoms with E-state index in [9.17, 15) is 0 Å². The van der Waals surface area contributed by atoms with Crippen LogP contribution >= 0.6 is 0 Å². The van der Waals surface area contributed by atoms with Gasteiger partial charge in [0.25, 0.3) is 0 Å². The Morgan fingerprint density at radius 1 is 0.786 bits per heavy atom. The van der Waals surface area contributed by atoms with E-state index < -0.39 is 24.6 Å². The van der Waals surface area contributed by atoms with Gasteiger partial charge in [0, 0.05) is 21.5 Å². The highest BCUT2D eigenvalue weighted by molar-refractivity contribution is 7.42. The van der Waals surface area contributed by atoms with Gasteiger partial charge in [0.15, 0.2) is 0 Å². The van der Waals surface area contributed by atoms with Gasteiger partial charge in [-0.15, -0.1) is 4.42 Å². The molecule has 0 saturated carbocycles. The maximum Gasteiger partial charge on any atom is 0.0635 e. The van der Waals surface area contributed by atoms with E-state index in [0.29, 0.717) is 5.04 Å².